The first-order chi connectivity index (χ1) is 8.65. The number of amides is 1. The second-order valence-corrected chi connectivity index (χ2v) is 4.99. The lowest BCUT2D eigenvalue weighted by atomic mass is 10.2. The number of aromatic amines is 1. The first-order valence-corrected chi connectivity index (χ1v) is 6.15. The number of hydrogen-bond acceptors (Lipinski definition) is 2. The number of alkyl halides is 1. The summed E-state index contributed by atoms with van der Waals surface area (Å²) < 4.78 is 0. The monoisotopic (exact) mass is 262 g/mol. The maximum absolute atomic E-state index is 12.0. The molecule has 1 aromatic heterocycles. The molecule has 2 heterocycles. The number of halogens is 1. The van der Waals surface area contributed by atoms with Crippen LogP contribution >= 0.6 is 11.6 Å². The number of fused-ring (bicyclic) bond motifs is 1. The van der Waals surface area contributed by atoms with Gasteiger partial charge in [0.05, 0.1) is 10.9 Å². The Morgan fingerprint density at radius 2 is 2.06 bits per heavy atom. The van der Waals surface area contributed by atoms with Crippen molar-refractivity contribution in [3.8, 4) is 0 Å². The van der Waals surface area contributed by atoms with E-state index in [0.29, 0.717) is 24.2 Å². The first kappa shape index (κ1) is 11.3. The number of anilines is 1. The van der Waals surface area contributed by atoms with Crippen LogP contribution in [-0.4, -0.2) is 22.8 Å². The number of carbonyl (C=O) groups is 1. The van der Waals surface area contributed by atoms with E-state index in [2.05, 4.69) is 4.98 Å². The van der Waals surface area contributed by atoms with Crippen LogP contribution in [0.3, 0.4) is 0 Å². The highest BCUT2D eigenvalue weighted by atomic mass is 35.5. The summed E-state index contributed by atoms with van der Waals surface area (Å²) in [5.74, 6) is 0.466. The van der Waals surface area contributed by atoms with E-state index in [1.165, 1.54) is 11.0 Å². The lowest BCUT2D eigenvalue weighted by molar-refractivity contribution is -0.117. The molecule has 5 heteroatoms. The Bertz CT molecular complexity index is 680. The van der Waals surface area contributed by atoms with Gasteiger partial charge in [0.15, 0.2) is 5.43 Å². The maximum atomic E-state index is 12.0. The predicted octanol–water partition coefficient (Wildman–Crippen LogP) is 1.87. The molecule has 0 spiro atoms. The molecule has 1 N–H and O–H groups in total. The molecule has 1 aromatic carbocycles. The van der Waals surface area contributed by atoms with Crippen LogP contribution in [0.1, 0.15) is 6.42 Å². The highest BCUT2D eigenvalue weighted by Crippen LogP contribution is 2.22. The second-order valence-electron chi connectivity index (χ2n) is 4.37. The number of benzene rings is 1. The highest BCUT2D eigenvalue weighted by Gasteiger charge is 2.29. The number of aromatic nitrogens is 1. The van der Waals surface area contributed by atoms with Crippen molar-refractivity contribution < 1.29 is 4.79 Å². The quantitative estimate of drug-likeness (QED) is 0.798. The third-order valence-electron chi connectivity index (χ3n) is 3.09. The van der Waals surface area contributed by atoms with Crippen LogP contribution in [0, 0.1) is 0 Å². The average Bonchev–Trinajstić information content (AvgIpc) is 2.68. The van der Waals surface area contributed by atoms with Crippen molar-refractivity contribution in [1.29, 1.82) is 0 Å². The fourth-order valence-electron chi connectivity index (χ4n) is 2.23. The Kier molecular flexibility index (Phi) is 2.59. The molecule has 0 saturated carbocycles. The molecular weight excluding hydrogens is 252 g/mol. The van der Waals surface area contributed by atoms with Gasteiger partial charge in [-0.15, -0.1) is 11.6 Å². The van der Waals surface area contributed by atoms with Crippen molar-refractivity contribution >= 4 is 34.2 Å². The number of carbonyl (C=O) groups excluding carboxylic acids is 1. The van der Waals surface area contributed by atoms with E-state index in [-0.39, 0.29) is 16.7 Å². The molecule has 0 aliphatic carbocycles. The standard InChI is InChI=1S/C13H11ClN2O2/c14-8-5-13(18)16(7-8)12-6-11(17)9-3-1-2-4-10(9)15-12/h1-4,6,8H,5,7H2,(H,15,17). The van der Waals surface area contributed by atoms with E-state index in [4.69, 9.17) is 11.6 Å². The van der Waals surface area contributed by atoms with E-state index >= 15 is 0 Å². The van der Waals surface area contributed by atoms with Gasteiger partial charge in [-0.05, 0) is 12.1 Å². The van der Waals surface area contributed by atoms with Crippen LogP contribution < -0.4 is 10.3 Å². The number of rotatable bonds is 1. The lowest BCUT2D eigenvalue weighted by Crippen LogP contribution is -2.26. The number of hydrogen-bond donors (Lipinski definition) is 1. The van der Waals surface area contributed by atoms with Gasteiger partial charge >= 0.3 is 0 Å². The first-order valence-electron chi connectivity index (χ1n) is 5.71. The van der Waals surface area contributed by atoms with Crippen LogP contribution in [0.15, 0.2) is 35.1 Å². The van der Waals surface area contributed by atoms with Gasteiger partial charge < -0.3 is 4.98 Å². The summed E-state index contributed by atoms with van der Waals surface area (Å²) in [6.07, 6.45) is 0.316. The van der Waals surface area contributed by atoms with Gasteiger partial charge in [0.25, 0.3) is 0 Å². The lowest BCUT2D eigenvalue weighted by Gasteiger charge is -2.15. The van der Waals surface area contributed by atoms with Crippen molar-refractivity contribution in [1.82, 2.24) is 4.98 Å². The molecule has 4 nitrogen and oxygen atoms in total. The largest absolute Gasteiger partial charge is 0.341 e. The van der Waals surface area contributed by atoms with Gasteiger partial charge in [-0.25, -0.2) is 0 Å². The summed E-state index contributed by atoms with van der Waals surface area (Å²) in [5.41, 5.74) is 0.635. The summed E-state index contributed by atoms with van der Waals surface area (Å²) in [7, 11) is 0. The molecule has 1 aliphatic rings. The SMILES string of the molecule is O=C1CC(Cl)CN1c1cc(=O)c2ccccc2[nH]1. The van der Waals surface area contributed by atoms with Crippen LogP contribution in [0.5, 0.6) is 0 Å². The maximum Gasteiger partial charge on any atom is 0.229 e. The van der Waals surface area contributed by atoms with Gasteiger partial charge in [0.2, 0.25) is 5.91 Å². The number of nitrogens with zero attached hydrogens (tertiary/aromatic N) is 1. The van der Waals surface area contributed by atoms with Gasteiger partial charge in [-0.1, -0.05) is 12.1 Å². The number of nitrogens with one attached hydrogen (secondary N) is 1. The van der Waals surface area contributed by atoms with Crippen molar-refractivity contribution in [2.75, 3.05) is 11.4 Å². The predicted molar refractivity (Wildman–Crippen MR) is 71.2 cm³/mol. The molecule has 0 radical (unpaired) electrons. The molecule has 3 rings (SSSR count). The van der Waals surface area contributed by atoms with Crippen molar-refractivity contribution in [3.05, 3.63) is 40.6 Å². The van der Waals surface area contributed by atoms with Crippen molar-refractivity contribution in [3.63, 3.8) is 0 Å². The number of pyridine rings is 1. The van der Waals surface area contributed by atoms with Crippen molar-refractivity contribution in [2.24, 2.45) is 0 Å². The number of para-hydroxylation sites is 1. The molecule has 92 valence electrons. The van der Waals surface area contributed by atoms with E-state index < -0.39 is 0 Å². The summed E-state index contributed by atoms with van der Waals surface area (Å²) in [6, 6.07) is 8.69. The Morgan fingerprint density at radius 1 is 1.28 bits per heavy atom. The summed E-state index contributed by atoms with van der Waals surface area (Å²) in [4.78, 5) is 28.3. The Morgan fingerprint density at radius 3 is 2.78 bits per heavy atom. The van der Waals surface area contributed by atoms with Crippen LogP contribution in [-0.2, 0) is 4.79 Å². The molecule has 1 amide bonds. The molecule has 18 heavy (non-hydrogen) atoms. The molecule has 1 atom stereocenters. The smallest absolute Gasteiger partial charge is 0.229 e. The Labute approximate surface area is 108 Å². The third-order valence-corrected chi connectivity index (χ3v) is 3.38. The van der Waals surface area contributed by atoms with Crippen LogP contribution in [0.4, 0.5) is 5.82 Å². The minimum atomic E-state index is -0.188. The van der Waals surface area contributed by atoms with Crippen LogP contribution in [0.2, 0.25) is 0 Å². The topological polar surface area (TPSA) is 53.2 Å². The van der Waals surface area contributed by atoms with E-state index in [1.807, 2.05) is 18.2 Å². The van der Waals surface area contributed by atoms with Crippen LogP contribution in [0.25, 0.3) is 10.9 Å². The molecule has 1 fully saturated rings. The second kappa shape index (κ2) is 4.14. The van der Waals surface area contributed by atoms with Gasteiger partial charge in [-0.3, -0.25) is 14.5 Å². The zero-order valence-electron chi connectivity index (χ0n) is 9.52. The summed E-state index contributed by atoms with van der Waals surface area (Å²) in [6.45, 7) is 0.439. The Hall–Kier alpha value is -1.81. The van der Waals surface area contributed by atoms with Gasteiger partial charge in [-0.2, -0.15) is 0 Å². The van der Waals surface area contributed by atoms with Gasteiger partial charge in [0.1, 0.15) is 5.82 Å². The molecule has 1 unspecified atom stereocenters. The minimum Gasteiger partial charge on any atom is -0.341 e. The normalized spacial score (nSPS) is 19.7. The Balaban J connectivity index is 2.14. The molecule has 1 aliphatic heterocycles. The molecule has 2 aromatic rings. The zero-order chi connectivity index (χ0) is 12.7. The van der Waals surface area contributed by atoms with Gasteiger partial charge in [0, 0.05) is 24.4 Å². The number of H-pyrrole nitrogens is 1. The fourth-order valence-corrected chi connectivity index (χ4v) is 2.50. The van der Waals surface area contributed by atoms with E-state index in [1.54, 1.807) is 6.07 Å². The summed E-state index contributed by atoms with van der Waals surface area (Å²) in [5, 5.41) is 0.433. The molecular formula is C13H11ClN2O2. The highest BCUT2D eigenvalue weighted by molar-refractivity contribution is 6.24. The van der Waals surface area contributed by atoms with E-state index in [0.717, 1.165) is 5.52 Å². The average molecular weight is 263 g/mol. The summed E-state index contributed by atoms with van der Waals surface area (Å²) >= 11 is 5.96. The minimum absolute atomic E-state index is 0.0547. The third kappa shape index (κ3) is 1.78. The zero-order valence-corrected chi connectivity index (χ0v) is 10.3. The fraction of sp³-hybridized carbons (Fsp3) is 0.231. The molecule has 1 saturated heterocycles. The molecule has 0 bridgehead atoms. The van der Waals surface area contributed by atoms with Crippen molar-refractivity contribution in [2.45, 2.75) is 11.8 Å². The van der Waals surface area contributed by atoms with E-state index in [9.17, 15) is 9.59 Å².